The van der Waals surface area contributed by atoms with Crippen LogP contribution in [0.1, 0.15) is 38.3 Å². The summed E-state index contributed by atoms with van der Waals surface area (Å²) in [5, 5.41) is 0. The molecule has 1 unspecified atom stereocenters. The van der Waals surface area contributed by atoms with Gasteiger partial charge in [-0.3, -0.25) is 4.98 Å². The first-order chi connectivity index (χ1) is 6.81. The van der Waals surface area contributed by atoms with E-state index in [1.807, 2.05) is 16.8 Å². The average molecular weight is 189 g/mol. The summed E-state index contributed by atoms with van der Waals surface area (Å²) in [7, 11) is 0. The summed E-state index contributed by atoms with van der Waals surface area (Å²) in [6, 6.07) is 0. The number of hydrogen-bond donors (Lipinski definition) is 0. The highest BCUT2D eigenvalue weighted by Gasteiger charge is 2.06. The van der Waals surface area contributed by atoms with Crippen molar-refractivity contribution in [1.82, 2.24) is 14.4 Å². The number of fused-ring (bicyclic) bond motifs is 1. The van der Waals surface area contributed by atoms with Gasteiger partial charge in [0.15, 0.2) is 5.65 Å². The Morgan fingerprint density at radius 2 is 2.29 bits per heavy atom. The molecule has 3 heteroatoms. The zero-order chi connectivity index (χ0) is 9.97. The highest BCUT2D eigenvalue weighted by molar-refractivity contribution is 5.35. The van der Waals surface area contributed by atoms with Crippen LogP contribution in [0.2, 0.25) is 0 Å². The third kappa shape index (κ3) is 1.62. The summed E-state index contributed by atoms with van der Waals surface area (Å²) in [5.41, 5.74) is 2.06. The van der Waals surface area contributed by atoms with Gasteiger partial charge in [0.2, 0.25) is 0 Å². The summed E-state index contributed by atoms with van der Waals surface area (Å²) in [6.07, 6.45) is 10.0. The maximum atomic E-state index is 4.41. The molecule has 2 heterocycles. The Bertz CT molecular complexity index is 419. The van der Waals surface area contributed by atoms with Gasteiger partial charge in [-0.15, -0.1) is 0 Å². The van der Waals surface area contributed by atoms with Crippen LogP contribution in [0.3, 0.4) is 0 Å². The van der Waals surface area contributed by atoms with Crippen LogP contribution in [-0.4, -0.2) is 14.4 Å². The minimum atomic E-state index is 0.534. The van der Waals surface area contributed by atoms with Crippen LogP contribution in [0.5, 0.6) is 0 Å². The van der Waals surface area contributed by atoms with E-state index in [1.165, 1.54) is 12.8 Å². The lowest BCUT2D eigenvalue weighted by Gasteiger charge is -2.09. The Balaban J connectivity index is 2.33. The first-order valence-corrected chi connectivity index (χ1v) is 5.10. The molecule has 2 aromatic heterocycles. The molecule has 3 nitrogen and oxygen atoms in total. The lowest BCUT2D eigenvalue weighted by molar-refractivity contribution is 0.643. The van der Waals surface area contributed by atoms with Crippen LogP contribution >= 0.6 is 0 Å². The molecule has 0 amide bonds. The zero-order valence-electron chi connectivity index (χ0n) is 8.64. The van der Waals surface area contributed by atoms with Gasteiger partial charge in [0.05, 0.1) is 11.9 Å². The molecule has 0 aliphatic rings. The van der Waals surface area contributed by atoms with E-state index in [9.17, 15) is 0 Å². The van der Waals surface area contributed by atoms with Crippen molar-refractivity contribution in [3.8, 4) is 0 Å². The lowest BCUT2D eigenvalue weighted by atomic mass is 10.0. The maximum absolute atomic E-state index is 4.41. The van der Waals surface area contributed by atoms with E-state index in [4.69, 9.17) is 0 Å². The minimum Gasteiger partial charge on any atom is -0.304 e. The number of rotatable bonds is 3. The molecule has 74 valence electrons. The van der Waals surface area contributed by atoms with Gasteiger partial charge in [0.1, 0.15) is 0 Å². The van der Waals surface area contributed by atoms with Crippen LogP contribution in [0, 0.1) is 0 Å². The molecule has 0 saturated carbocycles. The van der Waals surface area contributed by atoms with Gasteiger partial charge < -0.3 is 4.40 Å². The molecule has 0 aliphatic carbocycles. The van der Waals surface area contributed by atoms with Crippen LogP contribution < -0.4 is 0 Å². The van der Waals surface area contributed by atoms with Crippen molar-refractivity contribution in [2.45, 2.75) is 32.6 Å². The second kappa shape index (κ2) is 3.78. The van der Waals surface area contributed by atoms with E-state index < -0.39 is 0 Å². The van der Waals surface area contributed by atoms with Crippen molar-refractivity contribution in [2.24, 2.45) is 0 Å². The van der Waals surface area contributed by atoms with Gasteiger partial charge >= 0.3 is 0 Å². The molecule has 0 aromatic carbocycles. The highest BCUT2D eigenvalue weighted by atomic mass is 15.0. The largest absolute Gasteiger partial charge is 0.304 e. The van der Waals surface area contributed by atoms with E-state index in [0.717, 1.165) is 11.3 Å². The fourth-order valence-electron chi connectivity index (χ4n) is 1.68. The molecule has 1 atom stereocenters. The summed E-state index contributed by atoms with van der Waals surface area (Å²) in [6.45, 7) is 4.42. The summed E-state index contributed by atoms with van der Waals surface area (Å²) in [5.74, 6) is 0.534. The van der Waals surface area contributed by atoms with Crippen LogP contribution in [0.4, 0.5) is 0 Å². The molecule has 0 fully saturated rings. The molecule has 0 aliphatic heterocycles. The molecular formula is C11H15N3. The van der Waals surface area contributed by atoms with Crippen molar-refractivity contribution in [3.63, 3.8) is 0 Å². The topological polar surface area (TPSA) is 30.2 Å². The van der Waals surface area contributed by atoms with Crippen molar-refractivity contribution >= 4 is 5.65 Å². The monoisotopic (exact) mass is 189 g/mol. The van der Waals surface area contributed by atoms with E-state index in [2.05, 4.69) is 30.0 Å². The quantitative estimate of drug-likeness (QED) is 0.743. The predicted molar refractivity (Wildman–Crippen MR) is 56.3 cm³/mol. The van der Waals surface area contributed by atoms with Crippen molar-refractivity contribution in [3.05, 3.63) is 30.5 Å². The smallest absolute Gasteiger partial charge is 0.155 e. The molecule has 0 spiro atoms. The van der Waals surface area contributed by atoms with E-state index in [1.54, 1.807) is 6.20 Å². The number of aromatic nitrogens is 3. The SMILES string of the molecule is CCCC(C)c1cn2ccnc2cn1. The molecular weight excluding hydrogens is 174 g/mol. The van der Waals surface area contributed by atoms with E-state index in [-0.39, 0.29) is 0 Å². The minimum absolute atomic E-state index is 0.534. The van der Waals surface area contributed by atoms with Crippen molar-refractivity contribution in [1.29, 1.82) is 0 Å². The summed E-state index contributed by atoms with van der Waals surface area (Å²) in [4.78, 5) is 8.58. The highest BCUT2D eigenvalue weighted by Crippen LogP contribution is 2.18. The average Bonchev–Trinajstić information content (AvgIpc) is 2.64. The second-order valence-corrected chi connectivity index (χ2v) is 3.69. The van der Waals surface area contributed by atoms with Gasteiger partial charge in [-0.1, -0.05) is 20.3 Å². The number of hydrogen-bond acceptors (Lipinski definition) is 2. The molecule has 14 heavy (non-hydrogen) atoms. The Labute approximate surface area is 83.8 Å². The van der Waals surface area contributed by atoms with Crippen molar-refractivity contribution < 1.29 is 0 Å². The van der Waals surface area contributed by atoms with Gasteiger partial charge in [0, 0.05) is 18.6 Å². The van der Waals surface area contributed by atoms with E-state index >= 15 is 0 Å². The van der Waals surface area contributed by atoms with Crippen LogP contribution in [-0.2, 0) is 0 Å². The summed E-state index contributed by atoms with van der Waals surface area (Å²) < 4.78 is 2.02. The Hall–Kier alpha value is -1.38. The van der Waals surface area contributed by atoms with Crippen LogP contribution in [0.25, 0.3) is 5.65 Å². The molecule has 2 rings (SSSR count). The molecule has 0 N–H and O–H groups in total. The van der Waals surface area contributed by atoms with Crippen LogP contribution in [0.15, 0.2) is 24.8 Å². The van der Waals surface area contributed by atoms with Gasteiger partial charge in [-0.2, -0.15) is 0 Å². The standard InChI is InChI=1S/C11H15N3/c1-3-4-9(2)10-8-14-6-5-12-11(14)7-13-10/h5-9H,3-4H2,1-2H3. The van der Waals surface area contributed by atoms with Crippen molar-refractivity contribution in [2.75, 3.05) is 0 Å². The first kappa shape index (κ1) is 9.19. The fraction of sp³-hybridized carbons (Fsp3) is 0.455. The Morgan fingerprint density at radius 3 is 3.07 bits per heavy atom. The number of imidazole rings is 1. The molecule has 0 saturated heterocycles. The third-order valence-electron chi connectivity index (χ3n) is 2.53. The zero-order valence-corrected chi connectivity index (χ0v) is 8.64. The summed E-state index contributed by atoms with van der Waals surface area (Å²) >= 11 is 0. The van der Waals surface area contributed by atoms with Gasteiger partial charge in [-0.05, 0) is 12.3 Å². The Kier molecular flexibility index (Phi) is 2.48. The first-order valence-electron chi connectivity index (χ1n) is 5.10. The fourth-order valence-corrected chi connectivity index (χ4v) is 1.68. The molecule has 2 aromatic rings. The molecule has 0 radical (unpaired) electrons. The third-order valence-corrected chi connectivity index (χ3v) is 2.53. The molecule has 0 bridgehead atoms. The Morgan fingerprint density at radius 1 is 1.43 bits per heavy atom. The maximum Gasteiger partial charge on any atom is 0.155 e. The normalized spacial score (nSPS) is 13.3. The second-order valence-electron chi connectivity index (χ2n) is 3.69. The van der Waals surface area contributed by atoms with Gasteiger partial charge in [0.25, 0.3) is 0 Å². The van der Waals surface area contributed by atoms with Gasteiger partial charge in [-0.25, -0.2) is 4.98 Å². The van der Waals surface area contributed by atoms with E-state index in [0.29, 0.717) is 5.92 Å². The number of nitrogens with zero attached hydrogens (tertiary/aromatic N) is 3. The lowest BCUT2D eigenvalue weighted by Crippen LogP contribution is -1.99. The predicted octanol–water partition coefficient (Wildman–Crippen LogP) is 2.63.